The van der Waals surface area contributed by atoms with Gasteiger partial charge in [0.1, 0.15) is 18.5 Å². The Labute approximate surface area is 156 Å². The molecule has 1 aliphatic carbocycles. The van der Waals surface area contributed by atoms with E-state index in [9.17, 15) is 5.11 Å². The first-order valence-electron chi connectivity index (χ1n) is 9.46. The van der Waals surface area contributed by atoms with Crippen LogP contribution in [-0.2, 0) is 17.6 Å². The Morgan fingerprint density at radius 2 is 1.96 bits per heavy atom. The second-order valence-corrected chi connectivity index (χ2v) is 6.90. The maximum Gasteiger partial charge on any atom is 0.119 e. The van der Waals surface area contributed by atoms with Crippen LogP contribution in [0.15, 0.2) is 48.5 Å². The number of hydrogen-bond acceptors (Lipinski definition) is 4. The first-order chi connectivity index (χ1) is 12.8. The summed E-state index contributed by atoms with van der Waals surface area (Å²) in [7, 11) is 1.71. The highest BCUT2D eigenvalue weighted by atomic mass is 16.5. The lowest BCUT2D eigenvalue weighted by atomic mass is 9.88. The van der Waals surface area contributed by atoms with E-state index in [2.05, 4.69) is 29.6 Å². The summed E-state index contributed by atoms with van der Waals surface area (Å²) < 4.78 is 10.8. The standard InChI is InChI=1S/C22H29NO3/c1-25-14-13-17-9-11-20(12-10-17)26-16-19(24)15-23-22-8-4-6-18-5-2-3-7-21(18)22/h2-3,5,7,9-12,19,22-24H,4,6,8,13-16H2,1H3. The number of rotatable bonds is 9. The smallest absolute Gasteiger partial charge is 0.119 e. The highest BCUT2D eigenvalue weighted by Gasteiger charge is 2.20. The number of aliphatic hydroxyl groups excluding tert-OH is 1. The number of fused-ring (bicyclic) bond motifs is 1. The van der Waals surface area contributed by atoms with E-state index >= 15 is 0 Å². The van der Waals surface area contributed by atoms with E-state index in [0.717, 1.165) is 31.6 Å². The van der Waals surface area contributed by atoms with Gasteiger partial charge in [-0.2, -0.15) is 0 Å². The molecule has 4 nitrogen and oxygen atoms in total. The molecule has 2 atom stereocenters. The summed E-state index contributed by atoms with van der Waals surface area (Å²) >= 11 is 0. The molecule has 2 N–H and O–H groups in total. The summed E-state index contributed by atoms with van der Waals surface area (Å²) in [6.07, 6.45) is 3.83. The van der Waals surface area contributed by atoms with Gasteiger partial charge in [0.25, 0.3) is 0 Å². The van der Waals surface area contributed by atoms with Crippen molar-refractivity contribution in [3.8, 4) is 5.75 Å². The van der Waals surface area contributed by atoms with Gasteiger partial charge in [-0.3, -0.25) is 0 Å². The average Bonchev–Trinajstić information content (AvgIpc) is 2.70. The molecule has 140 valence electrons. The van der Waals surface area contributed by atoms with Gasteiger partial charge in [0, 0.05) is 19.7 Å². The predicted molar refractivity (Wildman–Crippen MR) is 104 cm³/mol. The SMILES string of the molecule is COCCc1ccc(OCC(O)CNC2CCCc3ccccc32)cc1. The van der Waals surface area contributed by atoms with Crippen LogP contribution >= 0.6 is 0 Å². The van der Waals surface area contributed by atoms with Gasteiger partial charge in [0.05, 0.1) is 6.61 Å². The molecule has 4 heteroatoms. The molecule has 1 aliphatic rings. The van der Waals surface area contributed by atoms with Gasteiger partial charge in [0.15, 0.2) is 0 Å². The fraction of sp³-hybridized carbons (Fsp3) is 0.455. The van der Waals surface area contributed by atoms with E-state index in [1.165, 1.54) is 23.1 Å². The maximum atomic E-state index is 10.3. The van der Waals surface area contributed by atoms with E-state index in [4.69, 9.17) is 9.47 Å². The van der Waals surface area contributed by atoms with Crippen molar-refractivity contribution in [2.75, 3.05) is 26.9 Å². The van der Waals surface area contributed by atoms with Crippen molar-refractivity contribution >= 4 is 0 Å². The lowest BCUT2D eigenvalue weighted by molar-refractivity contribution is 0.103. The van der Waals surface area contributed by atoms with Gasteiger partial charge in [-0.25, -0.2) is 0 Å². The van der Waals surface area contributed by atoms with Crippen LogP contribution in [0.2, 0.25) is 0 Å². The summed E-state index contributed by atoms with van der Waals surface area (Å²) in [6, 6.07) is 16.9. The Hall–Kier alpha value is -1.88. The average molecular weight is 355 g/mol. The second kappa shape index (κ2) is 9.72. The Kier molecular flexibility index (Phi) is 7.06. The number of nitrogens with one attached hydrogen (secondary N) is 1. The Morgan fingerprint density at radius 1 is 1.15 bits per heavy atom. The van der Waals surface area contributed by atoms with Crippen LogP contribution in [0.25, 0.3) is 0 Å². The zero-order valence-electron chi connectivity index (χ0n) is 15.5. The molecule has 0 spiro atoms. The number of methoxy groups -OCH3 is 1. The van der Waals surface area contributed by atoms with Crippen molar-refractivity contribution in [3.63, 3.8) is 0 Å². The molecule has 0 saturated heterocycles. The number of hydrogen-bond donors (Lipinski definition) is 2. The summed E-state index contributed by atoms with van der Waals surface area (Å²) in [5.41, 5.74) is 4.02. The third-order valence-corrected chi connectivity index (χ3v) is 4.93. The summed E-state index contributed by atoms with van der Waals surface area (Å²) in [5.74, 6) is 0.785. The monoisotopic (exact) mass is 355 g/mol. The minimum atomic E-state index is -0.530. The Morgan fingerprint density at radius 3 is 2.77 bits per heavy atom. The van der Waals surface area contributed by atoms with Crippen molar-refractivity contribution < 1.29 is 14.6 Å². The Bertz CT molecular complexity index is 671. The number of aryl methyl sites for hydroxylation is 1. The maximum absolute atomic E-state index is 10.3. The predicted octanol–water partition coefficient (Wildman–Crippen LogP) is 3.28. The van der Waals surface area contributed by atoms with Crippen LogP contribution < -0.4 is 10.1 Å². The molecule has 0 aliphatic heterocycles. The van der Waals surface area contributed by atoms with Crippen LogP contribution in [0.5, 0.6) is 5.75 Å². The molecular weight excluding hydrogens is 326 g/mol. The largest absolute Gasteiger partial charge is 0.491 e. The van der Waals surface area contributed by atoms with Crippen LogP contribution in [-0.4, -0.2) is 38.1 Å². The van der Waals surface area contributed by atoms with E-state index in [0.29, 0.717) is 19.2 Å². The molecule has 0 radical (unpaired) electrons. The van der Waals surface area contributed by atoms with Gasteiger partial charge in [0.2, 0.25) is 0 Å². The van der Waals surface area contributed by atoms with Gasteiger partial charge in [-0.15, -0.1) is 0 Å². The quantitative estimate of drug-likeness (QED) is 0.725. The zero-order chi connectivity index (χ0) is 18.2. The molecule has 26 heavy (non-hydrogen) atoms. The molecule has 2 aromatic rings. The third-order valence-electron chi connectivity index (χ3n) is 4.93. The first-order valence-corrected chi connectivity index (χ1v) is 9.46. The molecule has 2 aromatic carbocycles. The molecule has 0 fully saturated rings. The molecule has 0 saturated carbocycles. The number of ether oxygens (including phenoxy) is 2. The van der Waals surface area contributed by atoms with Crippen molar-refractivity contribution in [2.24, 2.45) is 0 Å². The summed E-state index contributed by atoms with van der Waals surface area (Å²) in [5, 5.41) is 13.8. The Balaban J connectivity index is 1.43. The van der Waals surface area contributed by atoms with Gasteiger partial charge >= 0.3 is 0 Å². The van der Waals surface area contributed by atoms with Gasteiger partial charge in [-0.05, 0) is 54.5 Å². The van der Waals surface area contributed by atoms with E-state index in [1.807, 2.05) is 24.3 Å². The number of aliphatic hydroxyl groups is 1. The van der Waals surface area contributed by atoms with E-state index in [-0.39, 0.29) is 0 Å². The molecule has 0 amide bonds. The van der Waals surface area contributed by atoms with Crippen LogP contribution in [0.1, 0.15) is 35.6 Å². The van der Waals surface area contributed by atoms with E-state index < -0.39 is 6.10 Å². The van der Waals surface area contributed by atoms with Crippen molar-refractivity contribution in [1.82, 2.24) is 5.32 Å². The summed E-state index contributed by atoms with van der Waals surface area (Å²) in [4.78, 5) is 0. The van der Waals surface area contributed by atoms with Crippen LogP contribution in [0.3, 0.4) is 0 Å². The minimum absolute atomic E-state index is 0.290. The van der Waals surface area contributed by atoms with E-state index in [1.54, 1.807) is 7.11 Å². The fourth-order valence-corrected chi connectivity index (χ4v) is 3.47. The molecule has 2 unspecified atom stereocenters. The number of benzene rings is 2. The fourth-order valence-electron chi connectivity index (χ4n) is 3.47. The lowest BCUT2D eigenvalue weighted by Gasteiger charge is -2.27. The highest BCUT2D eigenvalue weighted by molar-refractivity contribution is 5.32. The second-order valence-electron chi connectivity index (χ2n) is 6.90. The van der Waals surface area contributed by atoms with Crippen LogP contribution in [0.4, 0.5) is 0 Å². The minimum Gasteiger partial charge on any atom is -0.491 e. The highest BCUT2D eigenvalue weighted by Crippen LogP contribution is 2.29. The molecule has 0 heterocycles. The summed E-state index contributed by atoms with van der Waals surface area (Å²) in [6.45, 7) is 1.54. The van der Waals surface area contributed by atoms with Crippen molar-refractivity contribution in [2.45, 2.75) is 37.8 Å². The first kappa shape index (κ1) is 18.9. The molecule has 3 rings (SSSR count). The normalized spacial score (nSPS) is 17.5. The van der Waals surface area contributed by atoms with Gasteiger partial charge in [-0.1, -0.05) is 36.4 Å². The van der Waals surface area contributed by atoms with Gasteiger partial charge < -0.3 is 19.9 Å². The molecule has 0 aromatic heterocycles. The third kappa shape index (κ3) is 5.31. The van der Waals surface area contributed by atoms with Crippen molar-refractivity contribution in [1.29, 1.82) is 0 Å². The van der Waals surface area contributed by atoms with Crippen LogP contribution in [0, 0.1) is 0 Å². The zero-order valence-corrected chi connectivity index (χ0v) is 15.5. The topological polar surface area (TPSA) is 50.7 Å². The van der Waals surface area contributed by atoms with Crippen molar-refractivity contribution in [3.05, 3.63) is 65.2 Å². The molecule has 0 bridgehead atoms. The lowest BCUT2D eigenvalue weighted by Crippen LogP contribution is -2.35. The molecular formula is C22H29NO3.